The van der Waals surface area contributed by atoms with E-state index in [0.717, 1.165) is 31.5 Å². The molecule has 1 aliphatic rings. The van der Waals surface area contributed by atoms with E-state index < -0.39 is 0 Å². The van der Waals surface area contributed by atoms with Crippen molar-refractivity contribution >= 4 is 11.6 Å². The number of hydrogen-bond acceptors (Lipinski definition) is 3. The van der Waals surface area contributed by atoms with E-state index in [4.69, 9.17) is 5.73 Å². The molecule has 1 aromatic rings. The fourth-order valence-corrected chi connectivity index (χ4v) is 2.77. The summed E-state index contributed by atoms with van der Waals surface area (Å²) in [7, 11) is 0. The number of nitrogens with one attached hydrogen (secondary N) is 1. The fourth-order valence-electron chi connectivity index (χ4n) is 2.77. The summed E-state index contributed by atoms with van der Waals surface area (Å²) >= 11 is 0. The van der Waals surface area contributed by atoms with Crippen LogP contribution >= 0.6 is 0 Å². The van der Waals surface area contributed by atoms with Crippen molar-refractivity contribution in [2.24, 2.45) is 5.73 Å². The first-order valence-corrected chi connectivity index (χ1v) is 7.05. The third kappa shape index (κ3) is 3.28. The number of anilines is 1. The molecule has 4 nitrogen and oxygen atoms in total. The molecular weight excluding hydrogens is 257 g/mol. The second-order valence-electron chi connectivity index (χ2n) is 5.43. The molecule has 5 heteroatoms. The Morgan fingerprint density at radius 2 is 2.10 bits per heavy atom. The predicted molar refractivity (Wildman–Crippen MR) is 78.1 cm³/mol. The molecule has 110 valence electrons. The van der Waals surface area contributed by atoms with E-state index in [0.29, 0.717) is 5.69 Å². The zero-order chi connectivity index (χ0) is 14.7. The minimum atomic E-state index is -0.224. The molecule has 0 spiro atoms. The highest BCUT2D eigenvalue weighted by Crippen LogP contribution is 2.30. The molecule has 1 aliphatic heterocycles. The highest BCUT2D eigenvalue weighted by atomic mass is 19.1. The quantitative estimate of drug-likeness (QED) is 0.889. The van der Waals surface area contributed by atoms with Crippen molar-refractivity contribution < 1.29 is 9.18 Å². The van der Waals surface area contributed by atoms with Crippen molar-refractivity contribution in [2.75, 3.05) is 18.0 Å². The molecule has 0 aliphatic carbocycles. The van der Waals surface area contributed by atoms with Crippen LogP contribution in [0.15, 0.2) is 18.2 Å². The maximum atomic E-state index is 14.1. The third-order valence-electron chi connectivity index (χ3n) is 3.73. The van der Waals surface area contributed by atoms with E-state index in [1.165, 1.54) is 13.0 Å². The normalized spacial score (nSPS) is 17.9. The number of benzene rings is 1. The largest absolute Gasteiger partial charge is 0.369 e. The van der Waals surface area contributed by atoms with Gasteiger partial charge < -0.3 is 16.0 Å². The number of piperidine rings is 1. The lowest BCUT2D eigenvalue weighted by Crippen LogP contribution is -2.44. The number of hydrogen-bond donors (Lipinski definition) is 2. The van der Waals surface area contributed by atoms with Crippen molar-refractivity contribution in [3.05, 3.63) is 29.6 Å². The number of amides is 1. The molecule has 0 unspecified atom stereocenters. The van der Waals surface area contributed by atoms with Crippen LogP contribution in [0.4, 0.5) is 10.1 Å². The minimum Gasteiger partial charge on any atom is -0.369 e. The summed E-state index contributed by atoms with van der Waals surface area (Å²) in [5.41, 5.74) is 7.38. The van der Waals surface area contributed by atoms with Gasteiger partial charge >= 0.3 is 0 Å². The second kappa shape index (κ2) is 6.22. The number of rotatable bonds is 3. The van der Waals surface area contributed by atoms with E-state index in [9.17, 15) is 9.18 Å². The van der Waals surface area contributed by atoms with Crippen molar-refractivity contribution in [3.8, 4) is 0 Å². The van der Waals surface area contributed by atoms with Crippen LogP contribution in [0.25, 0.3) is 0 Å². The van der Waals surface area contributed by atoms with Gasteiger partial charge in [-0.1, -0.05) is 12.1 Å². The zero-order valence-electron chi connectivity index (χ0n) is 12.0. The summed E-state index contributed by atoms with van der Waals surface area (Å²) in [5, 5.41) is 2.92. The molecule has 0 radical (unpaired) electrons. The third-order valence-corrected chi connectivity index (χ3v) is 3.73. The van der Waals surface area contributed by atoms with Crippen LogP contribution in [-0.4, -0.2) is 25.0 Å². The molecule has 0 bridgehead atoms. The first kappa shape index (κ1) is 14.8. The lowest BCUT2D eigenvalue weighted by Gasteiger charge is -2.35. The molecule has 3 N–H and O–H groups in total. The number of carbonyl (C=O) groups excluding carboxylic acids is 1. The van der Waals surface area contributed by atoms with Crippen molar-refractivity contribution in [1.29, 1.82) is 0 Å². The Hall–Kier alpha value is -1.62. The van der Waals surface area contributed by atoms with Crippen LogP contribution in [-0.2, 0) is 4.79 Å². The van der Waals surface area contributed by atoms with Crippen LogP contribution in [0.5, 0.6) is 0 Å². The molecule has 1 atom stereocenters. The average Bonchev–Trinajstić information content (AvgIpc) is 2.39. The summed E-state index contributed by atoms with van der Waals surface area (Å²) < 4.78 is 14.1. The van der Waals surface area contributed by atoms with E-state index >= 15 is 0 Å². The first-order chi connectivity index (χ1) is 9.49. The van der Waals surface area contributed by atoms with Gasteiger partial charge in [0.2, 0.25) is 5.91 Å². The summed E-state index contributed by atoms with van der Waals surface area (Å²) in [5.74, 6) is -0.233. The van der Waals surface area contributed by atoms with Crippen molar-refractivity contribution in [2.45, 2.75) is 38.8 Å². The number of nitrogens with zero attached hydrogens (tertiary/aromatic N) is 1. The maximum Gasteiger partial charge on any atom is 0.217 e. The number of para-hydroxylation sites is 1. The van der Waals surface area contributed by atoms with Gasteiger partial charge in [0.15, 0.2) is 0 Å². The maximum absolute atomic E-state index is 14.1. The van der Waals surface area contributed by atoms with Gasteiger partial charge in [-0.15, -0.1) is 0 Å². The van der Waals surface area contributed by atoms with Gasteiger partial charge in [-0.3, -0.25) is 4.79 Å². The molecule has 1 heterocycles. The van der Waals surface area contributed by atoms with Gasteiger partial charge in [-0.2, -0.15) is 0 Å². The van der Waals surface area contributed by atoms with Gasteiger partial charge in [0.1, 0.15) is 5.82 Å². The molecule has 1 fully saturated rings. The standard InChI is InChI=1S/C15H22FN3O/c1-10(17)13-4-3-5-14(16)15(13)19-8-6-12(7-9-19)18-11(2)20/h3-5,10,12H,6-9,17H2,1-2H3,(H,18,20)/t10-/m1/s1. The van der Waals surface area contributed by atoms with Gasteiger partial charge in [0, 0.05) is 32.1 Å². The smallest absolute Gasteiger partial charge is 0.217 e. The number of carbonyl (C=O) groups is 1. The highest BCUT2D eigenvalue weighted by molar-refractivity contribution is 5.73. The van der Waals surface area contributed by atoms with E-state index in [1.807, 2.05) is 17.9 Å². The lowest BCUT2D eigenvalue weighted by atomic mass is 10.0. The van der Waals surface area contributed by atoms with Crippen LogP contribution in [0, 0.1) is 5.82 Å². The van der Waals surface area contributed by atoms with Crippen LogP contribution in [0.1, 0.15) is 38.3 Å². The Kier molecular flexibility index (Phi) is 4.60. The van der Waals surface area contributed by atoms with Crippen LogP contribution < -0.4 is 16.0 Å². The van der Waals surface area contributed by atoms with Gasteiger partial charge in [0.25, 0.3) is 0 Å². The van der Waals surface area contributed by atoms with Crippen LogP contribution in [0.2, 0.25) is 0 Å². The topological polar surface area (TPSA) is 58.4 Å². The molecule has 1 amide bonds. The van der Waals surface area contributed by atoms with Crippen molar-refractivity contribution in [3.63, 3.8) is 0 Å². The van der Waals surface area contributed by atoms with Gasteiger partial charge in [-0.25, -0.2) is 4.39 Å². The summed E-state index contributed by atoms with van der Waals surface area (Å²) in [6.45, 7) is 4.84. The average molecular weight is 279 g/mol. The highest BCUT2D eigenvalue weighted by Gasteiger charge is 2.24. The van der Waals surface area contributed by atoms with Crippen molar-refractivity contribution in [1.82, 2.24) is 5.32 Å². The van der Waals surface area contributed by atoms with E-state index in [-0.39, 0.29) is 23.8 Å². The Morgan fingerprint density at radius 3 is 2.65 bits per heavy atom. The lowest BCUT2D eigenvalue weighted by molar-refractivity contribution is -0.119. The Balaban J connectivity index is 2.12. The van der Waals surface area contributed by atoms with E-state index in [1.54, 1.807) is 6.07 Å². The summed E-state index contributed by atoms with van der Waals surface area (Å²) in [6.07, 6.45) is 1.65. The Morgan fingerprint density at radius 1 is 1.45 bits per heavy atom. The molecule has 0 aromatic heterocycles. The second-order valence-corrected chi connectivity index (χ2v) is 5.43. The van der Waals surface area contributed by atoms with E-state index in [2.05, 4.69) is 5.32 Å². The van der Waals surface area contributed by atoms with Gasteiger partial charge in [0.05, 0.1) is 5.69 Å². The Bertz CT molecular complexity index is 482. The molecule has 1 aromatic carbocycles. The summed E-state index contributed by atoms with van der Waals surface area (Å²) in [4.78, 5) is 13.1. The van der Waals surface area contributed by atoms with Crippen LogP contribution in [0.3, 0.4) is 0 Å². The monoisotopic (exact) mass is 279 g/mol. The molecular formula is C15H22FN3O. The number of halogens is 1. The Labute approximate surface area is 119 Å². The summed E-state index contributed by atoms with van der Waals surface area (Å²) in [6, 6.07) is 5.04. The first-order valence-electron chi connectivity index (χ1n) is 7.05. The molecule has 0 saturated carbocycles. The minimum absolute atomic E-state index is 0.00869. The zero-order valence-corrected chi connectivity index (χ0v) is 12.0. The molecule has 1 saturated heterocycles. The van der Waals surface area contributed by atoms with Gasteiger partial charge in [-0.05, 0) is 31.4 Å². The fraction of sp³-hybridized carbons (Fsp3) is 0.533. The molecule has 2 rings (SSSR count). The SMILES string of the molecule is CC(=O)NC1CCN(c2c(F)cccc2[C@@H](C)N)CC1. The molecule has 20 heavy (non-hydrogen) atoms. The number of nitrogens with two attached hydrogens (primary N) is 1. The predicted octanol–water partition coefficient (Wildman–Crippen LogP) is 1.95.